The Kier molecular flexibility index (Phi) is 3.33. The van der Waals surface area contributed by atoms with Gasteiger partial charge in [-0.3, -0.25) is 10.1 Å². The Morgan fingerprint density at radius 1 is 1.58 bits per heavy atom. The van der Waals surface area contributed by atoms with Crippen LogP contribution in [-0.4, -0.2) is 30.3 Å². The number of aryl methyl sites for hydroxylation is 1. The Balaban J connectivity index is 2.39. The van der Waals surface area contributed by atoms with Crippen LogP contribution in [0, 0.1) is 17.0 Å². The summed E-state index contributed by atoms with van der Waals surface area (Å²) in [6, 6.07) is 0.936. The number of nitrogens with one attached hydrogen (secondary N) is 1. The number of carboxylic acid groups (broad SMARTS) is 1. The van der Waals surface area contributed by atoms with Gasteiger partial charge in [0, 0.05) is 17.6 Å². The molecule has 0 spiro atoms. The van der Waals surface area contributed by atoms with E-state index >= 15 is 0 Å². The molecule has 0 atom stereocenters. The predicted octanol–water partition coefficient (Wildman–Crippen LogP) is 1.59. The largest absolute Gasteiger partial charge is 0.478 e. The van der Waals surface area contributed by atoms with Crippen molar-refractivity contribution in [2.45, 2.75) is 6.92 Å². The fourth-order valence-corrected chi connectivity index (χ4v) is 1.84. The number of hydrogen-bond acceptors (Lipinski definition) is 8. The summed E-state index contributed by atoms with van der Waals surface area (Å²) in [4.78, 5) is 28.7. The molecular weight excluding hydrogens is 274 g/mol. The lowest BCUT2D eigenvalue weighted by atomic mass is 10.2. The van der Waals surface area contributed by atoms with Gasteiger partial charge in [-0.05, 0) is 6.92 Å². The molecule has 10 heteroatoms. The Labute approximate surface area is 110 Å². The van der Waals surface area contributed by atoms with Gasteiger partial charge in [0.15, 0.2) is 0 Å². The maximum atomic E-state index is 11.1. The first-order valence-corrected chi connectivity index (χ1v) is 5.70. The molecule has 19 heavy (non-hydrogen) atoms. The van der Waals surface area contributed by atoms with Crippen LogP contribution in [0.3, 0.4) is 0 Å². The van der Waals surface area contributed by atoms with Crippen LogP contribution in [0.5, 0.6) is 0 Å². The molecule has 0 aliphatic heterocycles. The highest BCUT2D eigenvalue weighted by Gasteiger charge is 2.18. The zero-order valence-corrected chi connectivity index (χ0v) is 10.3. The summed E-state index contributed by atoms with van der Waals surface area (Å²) < 4.78 is 3.92. The highest BCUT2D eigenvalue weighted by atomic mass is 32.1. The monoisotopic (exact) mass is 281 g/mol. The van der Waals surface area contributed by atoms with Crippen LogP contribution >= 0.6 is 11.5 Å². The van der Waals surface area contributed by atoms with Gasteiger partial charge in [-0.1, -0.05) is 0 Å². The molecule has 0 unspecified atom stereocenters. The minimum Gasteiger partial charge on any atom is -0.478 e. The molecule has 0 aliphatic carbocycles. The van der Waals surface area contributed by atoms with E-state index in [-0.39, 0.29) is 11.4 Å². The normalized spacial score (nSPS) is 10.2. The molecule has 0 radical (unpaired) electrons. The standard InChI is InChI=1S/C9H7N5O4S/c1-4-11-9(19-13-4)12-7-6(8(15)16)2-5(3-10-7)14(17)18/h2-3H,1H3,(H,15,16)(H,10,11,12,13). The minimum absolute atomic E-state index is 0.0192. The third kappa shape index (κ3) is 2.80. The molecule has 0 saturated heterocycles. The minimum atomic E-state index is -1.32. The molecule has 0 aromatic carbocycles. The number of carboxylic acids is 1. The van der Waals surface area contributed by atoms with Crippen molar-refractivity contribution in [3.05, 3.63) is 33.8 Å². The van der Waals surface area contributed by atoms with Gasteiger partial charge in [0.2, 0.25) is 5.13 Å². The van der Waals surface area contributed by atoms with Gasteiger partial charge in [-0.2, -0.15) is 4.37 Å². The maximum absolute atomic E-state index is 11.1. The molecule has 0 fully saturated rings. The summed E-state index contributed by atoms with van der Waals surface area (Å²) in [6.45, 7) is 1.68. The third-order valence-corrected chi connectivity index (χ3v) is 2.79. The second-order valence-electron chi connectivity index (χ2n) is 3.42. The van der Waals surface area contributed by atoms with Crippen molar-refractivity contribution in [3.63, 3.8) is 0 Å². The second-order valence-corrected chi connectivity index (χ2v) is 4.18. The van der Waals surface area contributed by atoms with Crippen molar-refractivity contribution in [3.8, 4) is 0 Å². The van der Waals surface area contributed by atoms with E-state index in [4.69, 9.17) is 5.11 Å². The Hall–Kier alpha value is -2.62. The summed E-state index contributed by atoms with van der Waals surface area (Å²) in [5.74, 6) is -0.805. The predicted molar refractivity (Wildman–Crippen MR) is 65.8 cm³/mol. The topological polar surface area (TPSA) is 131 Å². The number of aromatic carboxylic acids is 1. The second kappa shape index (κ2) is 4.94. The van der Waals surface area contributed by atoms with Crippen LogP contribution in [0.15, 0.2) is 12.3 Å². The van der Waals surface area contributed by atoms with Crippen molar-refractivity contribution >= 4 is 34.1 Å². The maximum Gasteiger partial charge on any atom is 0.339 e. The van der Waals surface area contributed by atoms with Gasteiger partial charge in [-0.25, -0.2) is 14.8 Å². The zero-order chi connectivity index (χ0) is 14.0. The Morgan fingerprint density at radius 3 is 2.84 bits per heavy atom. The molecule has 2 N–H and O–H groups in total. The first-order chi connectivity index (χ1) is 8.97. The van der Waals surface area contributed by atoms with Crippen molar-refractivity contribution in [2.75, 3.05) is 5.32 Å². The first-order valence-electron chi connectivity index (χ1n) is 4.92. The lowest BCUT2D eigenvalue weighted by molar-refractivity contribution is -0.385. The van der Waals surface area contributed by atoms with E-state index < -0.39 is 16.6 Å². The number of rotatable bonds is 4. The molecule has 98 valence electrons. The quantitative estimate of drug-likeness (QED) is 0.637. The number of nitro groups is 1. The summed E-state index contributed by atoms with van der Waals surface area (Å²) in [5.41, 5.74) is -0.696. The molecule has 2 rings (SSSR count). The molecular formula is C9H7N5O4S. The van der Waals surface area contributed by atoms with E-state index in [1.165, 1.54) is 0 Å². The molecule has 2 heterocycles. The summed E-state index contributed by atoms with van der Waals surface area (Å²) in [5, 5.41) is 22.6. The van der Waals surface area contributed by atoms with Gasteiger partial charge in [0.05, 0.1) is 4.92 Å². The van der Waals surface area contributed by atoms with E-state index in [0.29, 0.717) is 11.0 Å². The fraction of sp³-hybridized carbons (Fsp3) is 0.111. The number of nitrogens with zero attached hydrogens (tertiary/aromatic N) is 4. The average Bonchev–Trinajstić information content (AvgIpc) is 2.74. The van der Waals surface area contributed by atoms with E-state index in [0.717, 1.165) is 23.8 Å². The molecule has 9 nitrogen and oxygen atoms in total. The lowest BCUT2D eigenvalue weighted by Gasteiger charge is -2.04. The highest BCUT2D eigenvalue weighted by molar-refractivity contribution is 7.09. The Bertz CT molecular complexity index is 656. The number of anilines is 2. The van der Waals surface area contributed by atoms with E-state index in [9.17, 15) is 14.9 Å². The van der Waals surface area contributed by atoms with Crippen LogP contribution in [0.4, 0.5) is 16.6 Å². The molecule has 0 amide bonds. The fourth-order valence-electron chi connectivity index (χ4n) is 1.27. The lowest BCUT2D eigenvalue weighted by Crippen LogP contribution is -2.06. The SMILES string of the molecule is Cc1nsc(Nc2ncc([N+](=O)[O-])cc2C(=O)O)n1. The van der Waals surface area contributed by atoms with Crippen LogP contribution in [0.25, 0.3) is 0 Å². The molecule has 2 aromatic rings. The van der Waals surface area contributed by atoms with Crippen LogP contribution in [0.2, 0.25) is 0 Å². The van der Waals surface area contributed by atoms with Crippen molar-refractivity contribution in [1.29, 1.82) is 0 Å². The number of pyridine rings is 1. The van der Waals surface area contributed by atoms with Gasteiger partial charge < -0.3 is 10.4 Å². The van der Waals surface area contributed by atoms with Crippen molar-refractivity contribution in [1.82, 2.24) is 14.3 Å². The number of aromatic nitrogens is 3. The molecule has 2 aromatic heterocycles. The molecule has 0 saturated carbocycles. The van der Waals surface area contributed by atoms with Gasteiger partial charge in [0.1, 0.15) is 23.4 Å². The van der Waals surface area contributed by atoms with E-state index in [1.54, 1.807) is 6.92 Å². The highest BCUT2D eigenvalue weighted by Crippen LogP contribution is 2.23. The summed E-state index contributed by atoms with van der Waals surface area (Å²) in [7, 11) is 0. The van der Waals surface area contributed by atoms with Crippen molar-refractivity contribution in [2.24, 2.45) is 0 Å². The summed E-state index contributed by atoms with van der Waals surface area (Å²) in [6.07, 6.45) is 0.975. The number of hydrogen-bond donors (Lipinski definition) is 2. The van der Waals surface area contributed by atoms with Crippen LogP contribution < -0.4 is 5.32 Å². The molecule has 0 bridgehead atoms. The van der Waals surface area contributed by atoms with E-state index in [1.807, 2.05) is 0 Å². The van der Waals surface area contributed by atoms with Crippen molar-refractivity contribution < 1.29 is 14.8 Å². The first kappa shape index (κ1) is 12.8. The Morgan fingerprint density at radius 2 is 2.32 bits per heavy atom. The van der Waals surface area contributed by atoms with Gasteiger partial charge in [0.25, 0.3) is 5.69 Å². The third-order valence-electron chi connectivity index (χ3n) is 2.07. The average molecular weight is 281 g/mol. The van der Waals surface area contributed by atoms with Gasteiger partial charge in [-0.15, -0.1) is 0 Å². The van der Waals surface area contributed by atoms with E-state index in [2.05, 4.69) is 19.7 Å². The number of carbonyl (C=O) groups is 1. The van der Waals surface area contributed by atoms with Crippen LogP contribution in [-0.2, 0) is 0 Å². The smallest absolute Gasteiger partial charge is 0.339 e. The zero-order valence-electron chi connectivity index (χ0n) is 9.52. The van der Waals surface area contributed by atoms with Gasteiger partial charge >= 0.3 is 5.97 Å². The van der Waals surface area contributed by atoms with Crippen LogP contribution in [0.1, 0.15) is 16.2 Å². The summed E-state index contributed by atoms with van der Waals surface area (Å²) >= 11 is 1.04. The molecule has 0 aliphatic rings.